The predicted octanol–water partition coefficient (Wildman–Crippen LogP) is 1.42. The fraction of sp³-hybridized carbons (Fsp3) is 0.500. The van der Waals surface area contributed by atoms with Crippen molar-refractivity contribution in [2.75, 3.05) is 6.61 Å². The molecule has 4 heteroatoms. The number of nitrogens with zero attached hydrogens (tertiary/aromatic N) is 2. The summed E-state index contributed by atoms with van der Waals surface area (Å²) in [5, 5.41) is 3.08. The first-order valence-corrected chi connectivity index (χ1v) is 3.78. The summed E-state index contributed by atoms with van der Waals surface area (Å²) in [5.41, 5.74) is 7.60. The van der Waals surface area contributed by atoms with Crippen molar-refractivity contribution in [2.24, 2.45) is 5.11 Å². The Hall–Kier alpha value is -1.32. The predicted molar refractivity (Wildman–Crippen MR) is 42.9 cm³/mol. The monoisotopic (exact) mass is 167 g/mol. The Bertz CT molecular complexity index is 235. The van der Waals surface area contributed by atoms with Gasteiger partial charge in [0.25, 0.3) is 5.95 Å². The van der Waals surface area contributed by atoms with Crippen LogP contribution in [0.15, 0.2) is 29.3 Å². The SMILES string of the molecule is CCOC1=CC=CC(C)(N=[N])O1. The van der Waals surface area contributed by atoms with Gasteiger partial charge in [-0.2, -0.15) is 0 Å². The molecule has 4 nitrogen and oxygen atoms in total. The zero-order chi connectivity index (χ0) is 9.03. The Morgan fingerprint density at radius 3 is 3.08 bits per heavy atom. The van der Waals surface area contributed by atoms with Crippen LogP contribution in [-0.4, -0.2) is 12.3 Å². The van der Waals surface area contributed by atoms with Crippen LogP contribution in [0, 0.1) is 0 Å². The highest BCUT2D eigenvalue weighted by Crippen LogP contribution is 2.22. The number of rotatable bonds is 3. The highest BCUT2D eigenvalue weighted by Gasteiger charge is 2.25. The number of hydrogen-bond donors (Lipinski definition) is 0. The first-order chi connectivity index (χ1) is 5.70. The van der Waals surface area contributed by atoms with E-state index in [-0.39, 0.29) is 0 Å². The van der Waals surface area contributed by atoms with Crippen molar-refractivity contribution in [3.63, 3.8) is 0 Å². The smallest absolute Gasteiger partial charge is 0.281 e. The Morgan fingerprint density at radius 1 is 1.75 bits per heavy atom. The molecule has 1 rings (SSSR count). The summed E-state index contributed by atoms with van der Waals surface area (Å²) in [4.78, 5) is 0. The fourth-order valence-electron chi connectivity index (χ4n) is 0.850. The molecule has 0 bridgehead atoms. The van der Waals surface area contributed by atoms with E-state index in [0.717, 1.165) is 0 Å². The average molecular weight is 167 g/mol. The van der Waals surface area contributed by atoms with Crippen molar-refractivity contribution < 1.29 is 9.47 Å². The summed E-state index contributed by atoms with van der Waals surface area (Å²) >= 11 is 0. The maximum Gasteiger partial charge on any atom is 0.281 e. The van der Waals surface area contributed by atoms with E-state index in [4.69, 9.17) is 15.0 Å². The molecule has 0 N–H and O–H groups in total. The molecule has 1 radical (unpaired) electrons. The van der Waals surface area contributed by atoms with E-state index >= 15 is 0 Å². The quantitative estimate of drug-likeness (QED) is 0.597. The van der Waals surface area contributed by atoms with Crippen molar-refractivity contribution >= 4 is 0 Å². The van der Waals surface area contributed by atoms with Gasteiger partial charge in [-0.25, -0.2) is 0 Å². The van der Waals surface area contributed by atoms with Gasteiger partial charge in [0.15, 0.2) is 0 Å². The zero-order valence-corrected chi connectivity index (χ0v) is 7.15. The summed E-state index contributed by atoms with van der Waals surface area (Å²) in [5.74, 6) is 0.375. The van der Waals surface area contributed by atoms with Crippen LogP contribution < -0.4 is 5.53 Å². The maximum atomic E-state index is 8.60. The van der Waals surface area contributed by atoms with Crippen molar-refractivity contribution in [1.82, 2.24) is 5.53 Å². The second-order valence-corrected chi connectivity index (χ2v) is 2.53. The van der Waals surface area contributed by atoms with Gasteiger partial charge in [0, 0.05) is 13.0 Å². The van der Waals surface area contributed by atoms with Gasteiger partial charge in [0.05, 0.1) is 6.61 Å². The van der Waals surface area contributed by atoms with Gasteiger partial charge in [0.2, 0.25) is 5.72 Å². The van der Waals surface area contributed by atoms with Gasteiger partial charge >= 0.3 is 0 Å². The van der Waals surface area contributed by atoms with Crippen LogP contribution in [-0.2, 0) is 9.47 Å². The summed E-state index contributed by atoms with van der Waals surface area (Å²) in [6.45, 7) is 4.02. The first-order valence-electron chi connectivity index (χ1n) is 3.78. The van der Waals surface area contributed by atoms with Crippen LogP contribution in [0.3, 0.4) is 0 Å². The van der Waals surface area contributed by atoms with Crippen molar-refractivity contribution in [3.8, 4) is 0 Å². The molecule has 0 spiro atoms. The van der Waals surface area contributed by atoms with Crippen LogP contribution in [0.25, 0.3) is 0 Å². The normalized spacial score (nSPS) is 27.3. The minimum absolute atomic E-state index is 0.375. The van der Waals surface area contributed by atoms with Gasteiger partial charge in [0.1, 0.15) is 0 Å². The van der Waals surface area contributed by atoms with E-state index in [0.29, 0.717) is 12.6 Å². The Balaban J connectivity index is 2.66. The maximum absolute atomic E-state index is 8.60. The number of ether oxygens (including phenoxy) is 2. The standard InChI is InChI=1S/C8H11N2O2/c1-3-11-7-5-4-6-8(2,10-9)12-7/h4-6H,3H2,1-2H3. The molecule has 0 aromatic heterocycles. The van der Waals surface area contributed by atoms with Gasteiger partial charge in [-0.15, -0.1) is 5.11 Å². The van der Waals surface area contributed by atoms with E-state index in [1.807, 2.05) is 6.92 Å². The van der Waals surface area contributed by atoms with Crippen molar-refractivity contribution in [1.29, 1.82) is 0 Å². The second-order valence-electron chi connectivity index (χ2n) is 2.53. The van der Waals surface area contributed by atoms with E-state index in [9.17, 15) is 0 Å². The minimum Gasteiger partial charge on any atom is -0.466 e. The van der Waals surface area contributed by atoms with Gasteiger partial charge in [-0.3, -0.25) is 0 Å². The van der Waals surface area contributed by atoms with Crippen LogP contribution >= 0.6 is 0 Å². The second kappa shape index (κ2) is 3.38. The largest absolute Gasteiger partial charge is 0.466 e. The van der Waals surface area contributed by atoms with Gasteiger partial charge in [-0.05, 0) is 18.5 Å². The van der Waals surface area contributed by atoms with Crippen LogP contribution in [0.4, 0.5) is 0 Å². The van der Waals surface area contributed by atoms with Crippen molar-refractivity contribution in [3.05, 3.63) is 24.2 Å². The molecule has 0 fully saturated rings. The molecule has 0 saturated carbocycles. The molecule has 0 saturated heterocycles. The van der Waals surface area contributed by atoms with Gasteiger partial charge < -0.3 is 9.47 Å². The Morgan fingerprint density at radius 2 is 2.50 bits per heavy atom. The van der Waals surface area contributed by atoms with E-state index < -0.39 is 5.72 Å². The zero-order valence-electron chi connectivity index (χ0n) is 7.15. The third kappa shape index (κ3) is 1.84. The molecular formula is C8H11N2O2. The van der Waals surface area contributed by atoms with E-state index in [1.54, 1.807) is 25.2 Å². The number of allylic oxidation sites excluding steroid dienone is 2. The molecule has 12 heavy (non-hydrogen) atoms. The highest BCUT2D eigenvalue weighted by molar-refractivity contribution is 5.14. The van der Waals surface area contributed by atoms with Crippen molar-refractivity contribution in [2.45, 2.75) is 19.6 Å². The molecule has 0 aromatic rings. The third-order valence-electron chi connectivity index (χ3n) is 1.43. The van der Waals surface area contributed by atoms with Crippen LogP contribution in [0.1, 0.15) is 13.8 Å². The summed E-state index contributed by atoms with van der Waals surface area (Å²) in [6.07, 6.45) is 5.04. The van der Waals surface area contributed by atoms with Gasteiger partial charge in [-0.1, -0.05) is 6.08 Å². The highest BCUT2D eigenvalue weighted by atomic mass is 16.7. The molecule has 65 valence electrons. The Labute approximate surface area is 71.4 Å². The summed E-state index contributed by atoms with van der Waals surface area (Å²) in [6, 6.07) is 0. The molecule has 1 aliphatic heterocycles. The molecule has 1 unspecified atom stereocenters. The summed E-state index contributed by atoms with van der Waals surface area (Å²) < 4.78 is 10.3. The molecule has 1 atom stereocenters. The van der Waals surface area contributed by atoms with E-state index in [1.165, 1.54) is 0 Å². The molecule has 0 amide bonds. The fourth-order valence-corrected chi connectivity index (χ4v) is 0.850. The Kier molecular flexibility index (Phi) is 2.47. The molecule has 1 aliphatic rings. The lowest BCUT2D eigenvalue weighted by molar-refractivity contribution is -0.0374. The third-order valence-corrected chi connectivity index (χ3v) is 1.43. The average Bonchev–Trinajstić information content (AvgIpc) is 2.05. The summed E-state index contributed by atoms with van der Waals surface area (Å²) in [7, 11) is 0. The topological polar surface area (TPSA) is 53.1 Å². The lowest BCUT2D eigenvalue weighted by Crippen LogP contribution is -2.25. The minimum atomic E-state index is -1.00. The lowest BCUT2D eigenvalue weighted by Gasteiger charge is -2.24. The first kappa shape index (κ1) is 8.77. The molecule has 0 aromatic carbocycles. The molecule has 0 aliphatic carbocycles. The lowest BCUT2D eigenvalue weighted by atomic mass is 10.2. The van der Waals surface area contributed by atoms with Crippen LogP contribution in [0.2, 0.25) is 0 Å². The van der Waals surface area contributed by atoms with E-state index in [2.05, 4.69) is 5.11 Å². The molecular weight excluding hydrogens is 156 g/mol. The number of hydrogen-bond acceptors (Lipinski definition) is 3. The molecule has 1 heterocycles. The van der Waals surface area contributed by atoms with Crippen LogP contribution in [0.5, 0.6) is 0 Å².